The summed E-state index contributed by atoms with van der Waals surface area (Å²) in [6, 6.07) is 15.2. The van der Waals surface area contributed by atoms with Crippen molar-refractivity contribution in [3.63, 3.8) is 0 Å². The number of likely N-dealkylation sites (tertiary alicyclic amines) is 1. The molecule has 29 heavy (non-hydrogen) atoms. The van der Waals surface area contributed by atoms with Gasteiger partial charge in [0, 0.05) is 23.1 Å². The zero-order valence-electron chi connectivity index (χ0n) is 16.4. The molecule has 7 heteroatoms. The number of rotatable bonds is 6. The molecule has 1 fully saturated rings. The molecule has 0 spiro atoms. The van der Waals surface area contributed by atoms with Crippen LogP contribution >= 0.6 is 15.9 Å². The third kappa shape index (κ3) is 5.23. The van der Waals surface area contributed by atoms with Gasteiger partial charge in [0.15, 0.2) is 0 Å². The Balaban J connectivity index is 1.52. The van der Waals surface area contributed by atoms with Crippen molar-refractivity contribution in [1.82, 2.24) is 10.2 Å². The first kappa shape index (κ1) is 21.0. The highest BCUT2D eigenvalue weighted by Crippen LogP contribution is 2.28. The van der Waals surface area contributed by atoms with E-state index >= 15 is 0 Å². The summed E-state index contributed by atoms with van der Waals surface area (Å²) in [4.78, 5) is 38.8. The van der Waals surface area contributed by atoms with E-state index in [0.717, 1.165) is 15.6 Å². The standard InChI is InChI=1S/C22H24BrN3O3/c1-14-10-18(23)8-9-19(14)25-20(27)12-24-22(29)17-11-21(28)26(13-17)15(2)16-6-4-3-5-7-16/h3-10,15,17H,11-13H2,1-2H3,(H,24,29)(H,25,27)/t15-,17+/m0/s1. The van der Waals surface area contributed by atoms with Gasteiger partial charge < -0.3 is 15.5 Å². The van der Waals surface area contributed by atoms with Crippen LogP contribution in [0.4, 0.5) is 5.69 Å². The van der Waals surface area contributed by atoms with Crippen molar-refractivity contribution in [3.05, 3.63) is 64.1 Å². The van der Waals surface area contributed by atoms with Crippen LogP contribution in [-0.4, -0.2) is 35.7 Å². The quantitative estimate of drug-likeness (QED) is 0.697. The van der Waals surface area contributed by atoms with Crippen molar-refractivity contribution in [2.75, 3.05) is 18.4 Å². The van der Waals surface area contributed by atoms with E-state index in [1.807, 2.05) is 56.3 Å². The van der Waals surface area contributed by atoms with E-state index < -0.39 is 5.92 Å². The highest BCUT2D eigenvalue weighted by atomic mass is 79.9. The van der Waals surface area contributed by atoms with Gasteiger partial charge in [-0.2, -0.15) is 0 Å². The zero-order chi connectivity index (χ0) is 21.0. The van der Waals surface area contributed by atoms with Crippen molar-refractivity contribution in [2.24, 2.45) is 5.92 Å². The van der Waals surface area contributed by atoms with Gasteiger partial charge in [0.25, 0.3) is 0 Å². The minimum Gasteiger partial charge on any atom is -0.347 e. The largest absolute Gasteiger partial charge is 0.347 e. The number of hydrogen-bond donors (Lipinski definition) is 2. The summed E-state index contributed by atoms with van der Waals surface area (Å²) in [6.45, 7) is 4.08. The molecule has 2 atom stereocenters. The number of benzene rings is 2. The van der Waals surface area contributed by atoms with E-state index in [2.05, 4.69) is 26.6 Å². The summed E-state index contributed by atoms with van der Waals surface area (Å²) in [5.74, 6) is -1.07. The number of carbonyl (C=O) groups is 3. The van der Waals surface area contributed by atoms with Crippen LogP contribution in [-0.2, 0) is 14.4 Å². The van der Waals surface area contributed by atoms with Crippen molar-refractivity contribution in [2.45, 2.75) is 26.3 Å². The van der Waals surface area contributed by atoms with Gasteiger partial charge in [0.05, 0.1) is 18.5 Å². The van der Waals surface area contributed by atoms with Crippen LogP contribution in [0, 0.1) is 12.8 Å². The Morgan fingerprint density at radius 1 is 1.21 bits per heavy atom. The van der Waals surface area contributed by atoms with Crippen LogP contribution in [0.15, 0.2) is 53.0 Å². The molecule has 3 rings (SSSR count). The Labute approximate surface area is 178 Å². The van der Waals surface area contributed by atoms with Crippen LogP contribution in [0.3, 0.4) is 0 Å². The number of hydrogen-bond acceptors (Lipinski definition) is 3. The topological polar surface area (TPSA) is 78.5 Å². The minimum atomic E-state index is -0.448. The Hall–Kier alpha value is -2.67. The Bertz CT molecular complexity index is 917. The first-order chi connectivity index (χ1) is 13.8. The molecule has 1 saturated heterocycles. The number of nitrogens with one attached hydrogen (secondary N) is 2. The minimum absolute atomic E-state index is 0.0450. The highest BCUT2D eigenvalue weighted by molar-refractivity contribution is 9.10. The molecule has 3 amide bonds. The number of halogens is 1. The molecule has 0 aromatic heterocycles. The van der Waals surface area contributed by atoms with Gasteiger partial charge in [-0.05, 0) is 43.2 Å². The van der Waals surface area contributed by atoms with E-state index in [9.17, 15) is 14.4 Å². The van der Waals surface area contributed by atoms with Crippen LogP contribution in [0.5, 0.6) is 0 Å². The fourth-order valence-electron chi connectivity index (χ4n) is 3.47. The zero-order valence-corrected chi connectivity index (χ0v) is 18.0. The lowest BCUT2D eigenvalue weighted by atomic mass is 10.1. The number of aryl methyl sites for hydroxylation is 1. The highest BCUT2D eigenvalue weighted by Gasteiger charge is 2.37. The molecule has 1 aliphatic rings. The van der Waals surface area contributed by atoms with Gasteiger partial charge in [-0.1, -0.05) is 46.3 Å². The van der Waals surface area contributed by atoms with Crippen LogP contribution in [0.25, 0.3) is 0 Å². The lowest BCUT2D eigenvalue weighted by Gasteiger charge is -2.25. The summed E-state index contributed by atoms with van der Waals surface area (Å²) in [5, 5.41) is 5.44. The van der Waals surface area contributed by atoms with E-state index in [1.54, 1.807) is 11.0 Å². The first-order valence-electron chi connectivity index (χ1n) is 9.53. The van der Waals surface area contributed by atoms with Crippen LogP contribution in [0.1, 0.15) is 30.5 Å². The number of amides is 3. The summed E-state index contributed by atoms with van der Waals surface area (Å²) < 4.78 is 0.932. The van der Waals surface area contributed by atoms with E-state index in [4.69, 9.17) is 0 Å². The molecule has 1 aliphatic heterocycles. The second-order valence-corrected chi connectivity index (χ2v) is 8.17. The molecule has 2 N–H and O–H groups in total. The molecule has 2 aromatic carbocycles. The predicted molar refractivity (Wildman–Crippen MR) is 115 cm³/mol. The number of carbonyl (C=O) groups excluding carboxylic acids is 3. The molecule has 2 aromatic rings. The van der Waals surface area contributed by atoms with Gasteiger partial charge in [-0.3, -0.25) is 14.4 Å². The molecular formula is C22H24BrN3O3. The summed E-state index contributed by atoms with van der Waals surface area (Å²) in [6.07, 6.45) is 0.163. The first-order valence-corrected chi connectivity index (χ1v) is 10.3. The molecule has 6 nitrogen and oxygen atoms in total. The normalized spacial score (nSPS) is 17.1. The molecular weight excluding hydrogens is 434 g/mol. The van der Waals surface area contributed by atoms with E-state index in [0.29, 0.717) is 12.2 Å². The molecule has 0 radical (unpaired) electrons. The average molecular weight is 458 g/mol. The fourth-order valence-corrected chi connectivity index (χ4v) is 3.94. The van der Waals surface area contributed by atoms with Gasteiger partial charge >= 0.3 is 0 Å². The number of anilines is 1. The summed E-state index contributed by atoms with van der Waals surface area (Å²) in [7, 11) is 0. The second kappa shape index (κ2) is 9.22. The predicted octanol–water partition coefficient (Wildman–Crippen LogP) is 3.42. The molecule has 0 saturated carbocycles. The summed E-state index contributed by atoms with van der Waals surface area (Å²) in [5.41, 5.74) is 2.66. The van der Waals surface area contributed by atoms with E-state index in [-0.39, 0.29) is 36.7 Å². The third-order valence-corrected chi connectivity index (χ3v) is 5.66. The van der Waals surface area contributed by atoms with Crippen LogP contribution in [0.2, 0.25) is 0 Å². The second-order valence-electron chi connectivity index (χ2n) is 7.26. The van der Waals surface area contributed by atoms with Crippen molar-refractivity contribution < 1.29 is 14.4 Å². The molecule has 0 bridgehead atoms. The van der Waals surface area contributed by atoms with E-state index in [1.165, 1.54) is 0 Å². The molecule has 0 aliphatic carbocycles. The lowest BCUT2D eigenvalue weighted by molar-refractivity contribution is -0.130. The van der Waals surface area contributed by atoms with Gasteiger partial charge in [0.1, 0.15) is 0 Å². The number of nitrogens with zero attached hydrogens (tertiary/aromatic N) is 1. The maximum Gasteiger partial charge on any atom is 0.243 e. The van der Waals surface area contributed by atoms with Crippen molar-refractivity contribution in [1.29, 1.82) is 0 Å². The fraction of sp³-hybridized carbons (Fsp3) is 0.318. The molecule has 1 heterocycles. The average Bonchev–Trinajstić information content (AvgIpc) is 3.10. The maximum atomic E-state index is 12.5. The maximum absolute atomic E-state index is 12.5. The van der Waals surface area contributed by atoms with Gasteiger partial charge in [-0.15, -0.1) is 0 Å². The molecule has 0 unspecified atom stereocenters. The Kier molecular flexibility index (Phi) is 6.69. The monoisotopic (exact) mass is 457 g/mol. The van der Waals surface area contributed by atoms with Crippen LogP contribution < -0.4 is 10.6 Å². The molecule has 152 valence electrons. The van der Waals surface area contributed by atoms with Crippen molar-refractivity contribution >= 4 is 39.3 Å². The van der Waals surface area contributed by atoms with Crippen molar-refractivity contribution in [3.8, 4) is 0 Å². The van der Waals surface area contributed by atoms with Gasteiger partial charge in [-0.25, -0.2) is 0 Å². The Morgan fingerprint density at radius 3 is 2.62 bits per heavy atom. The lowest BCUT2D eigenvalue weighted by Crippen LogP contribution is -2.38. The smallest absolute Gasteiger partial charge is 0.243 e. The SMILES string of the molecule is Cc1cc(Br)ccc1NC(=O)CNC(=O)[C@@H]1CC(=O)N([C@@H](C)c2ccccc2)C1. The summed E-state index contributed by atoms with van der Waals surface area (Å²) >= 11 is 3.38. The third-order valence-electron chi connectivity index (χ3n) is 5.16. The Morgan fingerprint density at radius 2 is 1.93 bits per heavy atom. The van der Waals surface area contributed by atoms with Gasteiger partial charge in [0.2, 0.25) is 17.7 Å².